The molecule has 0 aliphatic carbocycles. The van der Waals surface area contributed by atoms with E-state index in [0.717, 1.165) is 6.42 Å². The number of rotatable bonds is 1. The first-order chi connectivity index (χ1) is 8.71. The van der Waals surface area contributed by atoms with Gasteiger partial charge in [-0.2, -0.15) is 0 Å². The van der Waals surface area contributed by atoms with Gasteiger partial charge < -0.3 is 19.5 Å². The molecule has 2 aliphatic rings. The van der Waals surface area contributed by atoms with Crippen molar-refractivity contribution >= 4 is 12.1 Å². The van der Waals surface area contributed by atoms with Gasteiger partial charge in [-0.25, -0.2) is 9.59 Å². The van der Waals surface area contributed by atoms with Crippen molar-refractivity contribution in [3.63, 3.8) is 0 Å². The fourth-order valence-electron chi connectivity index (χ4n) is 2.65. The highest BCUT2D eigenvalue weighted by Crippen LogP contribution is 2.41. The van der Waals surface area contributed by atoms with E-state index >= 15 is 0 Å². The van der Waals surface area contributed by atoms with Crippen LogP contribution in [0.2, 0.25) is 0 Å². The second-order valence-electron chi connectivity index (χ2n) is 6.49. The van der Waals surface area contributed by atoms with Crippen LogP contribution in [0.3, 0.4) is 0 Å². The number of carboxylic acids is 1. The minimum absolute atomic E-state index is 0.208. The molecule has 2 aliphatic heterocycles. The number of amides is 1. The summed E-state index contributed by atoms with van der Waals surface area (Å²) in [5, 5.41) is 8.95. The third kappa shape index (κ3) is 3.18. The molecule has 0 saturated carbocycles. The molecule has 1 amide bonds. The smallest absolute Gasteiger partial charge is 0.410 e. The van der Waals surface area contributed by atoms with Crippen molar-refractivity contribution in [2.45, 2.75) is 45.3 Å². The van der Waals surface area contributed by atoms with Crippen LogP contribution in [-0.4, -0.2) is 53.5 Å². The van der Waals surface area contributed by atoms with Crippen LogP contribution in [0, 0.1) is 5.41 Å². The molecule has 19 heavy (non-hydrogen) atoms. The summed E-state index contributed by atoms with van der Waals surface area (Å²) in [5.74, 6) is -0.924. The van der Waals surface area contributed by atoms with Gasteiger partial charge in [0.2, 0.25) is 0 Å². The Morgan fingerprint density at radius 3 is 2.63 bits per heavy atom. The van der Waals surface area contributed by atoms with Gasteiger partial charge in [-0.15, -0.1) is 0 Å². The molecule has 0 bridgehead atoms. The van der Waals surface area contributed by atoms with Crippen molar-refractivity contribution in [2.24, 2.45) is 5.41 Å². The molecule has 2 heterocycles. The molecule has 108 valence electrons. The SMILES string of the molecule is CC(C)(C)OC(=O)N1CCC2(COC(C(=O)O)C2)C1. The monoisotopic (exact) mass is 271 g/mol. The number of ether oxygens (including phenoxy) is 2. The average Bonchev–Trinajstić information content (AvgIpc) is 2.85. The number of likely N-dealkylation sites (tertiary alicyclic amines) is 1. The molecule has 2 fully saturated rings. The Labute approximate surface area is 112 Å². The van der Waals surface area contributed by atoms with Crippen molar-refractivity contribution in [1.82, 2.24) is 4.90 Å². The molecular formula is C13H21NO5. The Hall–Kier alpha value is -1.30. The summed E-state index contributed by atoms with van der Waals surface area (Å²) >= 11 is 0. The third-order valence-corrected chi connectivity index (χ3v) is 3.57. The Morgan fingerprint density at radius 1 is 1.42 bits per heavy atom. The Kier molecular flexibility index (Phi) is 3.47. The van der Waals surface area contributed by atoms with E-state index in [1.54, 1.807) is 4.90 Å². The lowest BCUT2D eigenvalue weighted by atomic mass is 9.85. The van der Waals surface area contributed by atoms with Gasteiger partial charge >= 0.3 is 12.1 Å². The number of carbonyl (C=O) groups excluding carboxylic acids is 1. The van der Waals surface area contributed by atoms with Crippen LogP contribution in [0.25, 0.3) is 0 Å². The van der Waals surface area contributed by atoms with Crippen molar-refractivity contribution in [2.75, 3.05) is 19.7 Å². The number of aliphatic carboxylic acids is 1. The second kappa shape index (κ2) is 4.67. The van der Waals surface area contributed by atoms with Crippen LogP contribution in [0.4, 0.5) is 4.79 Å². The number of hydrogen-bond donors (Lipinski definition) is 1. The average molecular weight is 271 g/mol. The minimum Gasteiger partial charge on any atom is -0.479 e. The van der Waals surface area contributed by atoms with Gasteiger partial charge in [0.15, 0.2) is 6.10 Å². The highest BCUT2D eigenvalue weighted by molar-refractivity contribution is 5.73. The fraction of sp³-hybridized carbons (Fsp3) is 0.846. The normalized spacial score (nSPS) is 30.9. The molecule has 6 nitrogen and oxygen atoms in total. The lowest BCUT2D eigenvalue weighted by Gasteiger charge is -2.26. The van der Waals surface area contributed by atoms with Crippen molar-refractivity contribution in [3.8, 4) is 0 Å². The summed E-state index contributed by atoms with van der Waals surface area (Å²) < 4.78 is 10.6. The van der Waals surface area contributed by atoms with Crippen LogP contribution in [0.15, 0.2) is 0 Å². The summed E-state index contributed by atoms with van der Waals surface area (Å²) in [6, 6.07) is 0. The molecule has 0 aromatic heterocycles. The first-order valence-corrected chi connectivity index (χ1v) is 6.53. The maximum Gasteiger partial charge on any atom is 0.410 e. The molecule has 2 unspecified atom stereocenters. The van der Waals surface area contributed by atoms with E-state index in [0.29, 0.717) is 26.1 Å². The van der Waals surface area contributed by atoms with Gasteiger partial charge in [0.1, 0.15) is 5.60 Å². The van der Waals surface area contributed by atoms with E-state index < -0.39 is 17.7 Å². The zero-order valence-electron chi connectivity index (χ0n) is 11.6. The summed E-state index contributed by atoms with van der Waals surface area (Å²) in [4.78, 5) is 24.5. The zero-order valence-corrected chi connectivity index (χ0v) is 11.6. The maximum atomic E-state index is 12.0. The lowest BCUT2D eigenvalue weighted by molar-refractivity contribution is -0.147. The van der Waals surface area contributed by atoms with Crippen molar-refractivity contribution in [1.29, 1.82) is 0 Å². The molecule has 1 N–H and O–H groups in total. The topological polar surface area (TPSA) is 76.1 Å². The maximum absolute atomic E-state index is 12.0. The standard InChI is InChI=1S/C13H21NO5/c1-12(2,3)19-11(17)14-5-4-13(7-14)6-9(10(15)16)18-8-13/h9H,4-8H2,1-3H3,(H,15,16). The van der Waals surface area contributed by atoms with Crippen LogP contribution in [-0.2, 0) is 14.3 Å². The van der Waals surface area contributed by atoms with E-state index in [9.17, 15) is 9.59 Å². The van der Waals surface area contributed by atoms with Crippen molar-refractivity contribution < 1.29 is 24.2 Å². The third-order valence-electron chi connectivity index (χ3n) is 3.57. The lowest BCUT2D eigenvalue weighted by Crippen LogP contribution is -2.37. The van der Waals surface area contributed by atoms with Gasteiger partial charge in [0.25, 0.3) is 0 Å². The molecule has 1 spiro atoms. The first-order valence-electron chi connectivity index (χ1n) is 6.53. The molecule has 6 heteroatoms. The highest BCUT2D eigenvalue weighted by atomic mass is 16.6. The largest absolute Gasteiger partial charge is 0.479 e. The predicted octanol–water partition coefficient (Wildman–Crippen LogP) is 1.49. The number of carboxylic acid groups (broad SMARTS) is 1. The van der Waals surface area contributed by atoms with Gasteiger partial charge in [0, 0.05) is 18.5 Å². The summed E-state index contributed by atoms with van der Waals surface area (Å²) in [5.41, 5.74) is -0.720. The van der Waals surface area contributed by atoms with E-state index in [2.05, 4.69) is 0 Å². The number of nitrogens with zero attached hydrogens (tertiary/aromatic N) is 1. The first kappa shape index (κ1) is 14.1. The Balaban J connectivity index is 1.93. The van der Waals surface area contributed by atoms with Crippen LogP contribution in [0.1, 0.15) is 33.6 Å². The van der Waals surface area contributed by atoms with E-state index in [1.807, 2.05) is 20.8 Å². The zero-order chi connectivity index (χ0) is 14.3. The number of hydrogen-bond acceptors (Lipinski definition) is 4. The molecule has 2 atom stereocenters. The van der Waals surface area contributed by atoms with E-state index in [4.69, 9.17) is 14.6 Å². The Morgan fingerprint density at radius 2 is 2.11 bits per heavy atom. The quantitative estimate of drug-likeness (QED) is 0.782. The summed E-state index contributed by atoms with van der Waals surface area (Å²) in [7, 11) is 0. The molecule has 0 radical (unpaired) electrons. The molecule has 2 rings (SSSR count). The van der Waals surface area contributed by atoms with E-state index in [-0.39, 0.29) is 11.5 Å². The fourth-order valence-corrected chi connectivity index (χ4v) is 2.65. The Bertz CT molecular complexity index is 389. The predicted molar refractivity (Wildman–Crippen MR) is 66.8 cm³/mol. The van der Waals surface area contributed by atoms with Crippen LogP contribution >= 0.6 is 0 Å². The van der Waals surface area contributed by atoms with Crippen LogP contribution in [0.5, 0.6) is 0 Å². The number of carbonyl (C=O) groups is 2. The van der Waals surface area contributed by atoms with Gasteiger partial charge in [0.05, 0.1) is 6.61 Å². The highest BCUT2D eigenvalue weighted by Gasteiger charge is 2.48. The van der Waals surface area contributed by atoms with Gasteiger partial charge in [-0.1, -0.05) is 0 Å². The molecule has 2 saturated heterocycles. The molecule has 0 aromatic rings. The second-order valence-corrected chi connectivity index (χ2v) is 6.49. The molecule has 0 aromatic carbocycles. The van der Waals surface area contributed by atoms with Crippen LogP contribution < -0.4 is 0 Å². The van der Waals surface area contributed by atoms with E-state index in [1.165, 1.54) is 0 Å². The van der Waals surface area contributed by atoms with Gasteiger partial charge in [-0.05, 0) is 33.6 Å². The van der Waals surface area contributed by atoms with Crippen molar-refractivity contribution in [3.05, 3.63) is 0 Å². The summed E-state index contributed by atoms with van der Waals surface area (Å²) in [6.45, 7) is 7.02. The molecular weight excluding hydrogens is 250 g/mol. The summed E-state index contributed by atoms with van der Waals surface area (Å²) in [6.07, 6.45) is 0.180. The minimum atomic E-state index is -0.924. The van der Waals surface area contributed by atoms with Gasteiger partial charge in [-0.3, -0.25) is 0 Å².